The highest BCUT2D eigenvalue weighted by atomic mass is 19.4. The average molecular weight is 511 g/mol. The molecular formula is C28H32F6N2. The van der Waals surface area contributed by atoms with Crippen LogP contribution in [0.5, 0.6) is 0 Å². The fourth-order valence-corrected chi connectivity index (χ4v) is 5.52. The van der Waals surface area contributed by atoms with E-state index in [1.54, 1.807) is 0 Å². The van der Waals surface area contributed by atoms with E-state index in [1.807, 2.05) is 49.2 Å². The summed E-state index contributed by atoms with van der Waals surface area (Å²) < 4.78 is 84.8. The summed E-state index contributed by atoms with van der Waals surface area (Å²) in [7, 11) is 1.87. The quantitative estimate of drug-likeness (QED) is 0.334. The number of halogens is 6. The zero-order valence-corrected chi connectivity index (χ0v) is 20.6. The van der Waals surface area contributed by atoms with Crippen molar-refractivity contribution in [3.63, 3.8) is 0 Å². The standard InChI is InChI=1S/C28H32F6N2/c1-20(36(2)18-21-10-5-3-6-11-21)16-17-26(19-35,22-12-7-4-8-13-22)25-23(27(29,30)31)14-9-15-24(25)28(32,33)34/h3,5-6,9-11,14-15,20,22H,4,7-8,12-13,16-18H2,1-2H3. The van der Waals surface area contributed by atoms with Gasteiger partial charge in [-0.15, -0.1) is 0 Å². The van der Waals surface area contributed by atoms with Crippen molar-refractivity contribution in [2.24, 2.45) is 5.92 Å². The minimum atomic E-state index is -5.01. The van der Waals surface area contributed by atoms with E-state index in [1.165, 1.54) is 0 Å². The van der Waals surface area contributed by atoms with Crippen LogP contribution in [0.2, 0.25) is 0 Å². The second-order valence-electron chi connectivity index (χ2n) is 9.93. The molecule has 0 saturated heterocycles. The highest BCUT2D eigenvalue weighted by Gasteiger charge is 2.51. The Morgan fingerprint density at radius 2 is 1.44 bits per heavy atom. The number of nitrogens with zero attached hydrogens (tertiary/aromatic N) is 2. The molecule has 196 valence electrons. The second kappa shape index (κ2) is 11.2. The summed E-state index contributed by atoms with van der Waals surface area (Å²) >= 11 is 0. The maximum Gasteiger partial charge on any atom is 0.416 e. The molecule has 0 spiro atoms. The van der Waals surface area contributed by atoms with E-state index in [-0.39, 0.29) is 18.9 Å². The van der Waals surface area contributed by atoms with Crippen LogP contribution >= 0.6 is 0 Å². The number of hydrogen-bond donors (Lipinski definition) is 0. The van der Waals surface area contributed by atoms with E-state index < -0.39 is 40.4 Å². The SMILES string of the molecule is CC(CCC(C#N)(c1c(C(F)(F)F)cccc1C(F)(F)F)C1CCCCC1)N(C)Cc1ccccc1. The Hall–Kier alpha value is -2.53. The predicted molar refractivity (Wildman–Crippen MR) is 127 cm³/mol. The van der Waals surface area contributed by atoms with Crippen molar-refractivity contribution in [2.45, 2.75) is 82.2 Å². The Morgan fingerprint density at radius 1 is 0.889 bits per heavy atom. The lowest BCUT2D eigenvalue weighted by molar-refractivity contribution is -0.145. The summed E-state index contributed by atoms with van der Waals surface area (Å²) in [5.41, 5.74) is -4.44. The minimum Gasteiger partial charge on any atom is -0.299 e. The van der Waals surface area contributed by atoms with Crippen molar-refractivity contribution < 1.29 is 26.3 Å². The molecule has 0 bridgehead atoms. The van der Waals surface area contributed by atoms with E-state index in [4.69, 9.17) is 0 Å². The second-order valence-corrected chi connectivity index (χ2v) is 9.93. The van der Waals surface area contributed by atoms with Gasteiger partial charge in [0.15, 0.2) is 0 Å². The average Bonchev–Trinajstić information content (AvgIpc) is 2.84. The highest BCUT2D eigenvalue weighted by molar-refractivity contribution is 5.49. The largest absolute Gasteiger partial charge is 0.416 e. The minimum absolute atomic E-state index is 0.0787. The van der Waals surface area contributed by atoms with Crippen LogP contribution in [0.25, 0.3) is 0 Å². The molecule has 0 heterocycles. The molecule has 3 rings (SSSR count). The molecule has 36 heavy (non-hydrogen) atoms. The first-order chi connectivity index (χ1) is 16.9. The normalized spacial score (nSPS) is 18.0. The van der Waals surface area contributed by atoms with E-state index in [9.17, 15) is 31.6 Å². The molecule has 2 aromatic carbocycles. The van der Waals surface area contributed by atoms with Gasteiger partial charge >= 0.3 is 12.4 Å². The zero-order chi connectivity index (χ0) is 26.6. The van der Waals surface area contributed by atoms with Crippen LogP contribution in [-0.4, -0.2) is 18.0 Å². The lowest BCUT2D eigenvalue weighted by Crippen LogP contribution is -2.41. The molecule has 1 aliphatic rings. The van der Waals surface area contributed by atoms with E-state index in [0.29, 0.717) is 44.4 Å². The summed E-state index contributed by atoms with van der Waals surface area (Å²) in [6, 6.07) is 13.7. The van der Waals surface area contributed by atoms with Crippen LogP contribution < -0.4 is 0 Å². The lowest BCUT2D eigenvalue weighted by Gasteiger charge is -2.41. The Morgan fingerprint density at radius 3 is 1.94 bits per heavy atom. The van der Waals surface area contributed by atoms with Crippen molar-refractivity contribution in [3.8, 4) is 6.07 Å². The van der Waals surface area contributed by atoms with Gasteiger partial charge in [0.05, 0.1) is 22.6 Å². The topological polar surface area (TPSA) is 27.0 Å². The summed E-state index contributed by atoms with van der Waals surface area (Å²) in [6.45, 7) is 2.48. The molecule has 0 amide bonds. The van der Waals surface area contributed by atoms with Crippen molar-refractivity contribution in [1.82, 2.24) is 4.90 Å². The number of alkyl halides is 6. The third-order valence-corrected chi connectivity index (χ3v) is 7.61. The third-order valence-electron chi connectivity index (χ3n) is 7.61. The Balaban J connectivity index is 2.06. The van der Waals surface area contributed by atoms with Crippen molar-refractivity contribution in [2.75, 3.05) is 7.05 Å². The monoisotopic (exact) mass is 510 g/mol. The summed E-state index contributed by atoms with van der Waals surface area (Å²) in [4.78, 5) is 2.01. The van der Waals surface area contributed by atoms with Gasteiger partial charge in [0, 0.05) is 12.6 Å². The molecular weight excluding hydrogens is 478 g/mol. The van der Waals surface area contributed by atoms with Gasteiger partial charge in [0.1, 0.15) is 0 Å². The number of hydrogen-bond acceptors (Lipinski definition) is 2. The molecule has 1 fully saturated rings. The summed E-state index contributed by atoms with van der Waals surface area (Å²) in [6.07, 6.45) is -6.70. The van der Waals surface area contributed by atoms with E-state index in [2.05, 4.69) is 6.07 Å². The number of benzene rings is 2. The molecule has 2 unspecified atom stereocenters. The van der Waals surface area contributed by atoms with Crippen molar-refractivity contribution in [3.05, 3.63) is 70.8 Å². The van der Waals surface area contributed by atoms with Crippen molar-refractivity contribution in [1.29, 1.82) is 5.26 Å². The van der Waals surface area contributed by atoms with Gasteiger partial charge < -0.3 is 0 Å². The molecule has 2 atom stereocenters. The fraction of sp³-hybridized carbons (Fsp3) is 0.536. The third kappa shape index (κ3) is 6.23. The highest BCUT2D eigenvalue weighted by Crippen LogP contribution is 2.52. The van der Waals surface area contributed by atoms with Gasteiger partial charge in [-0.1, -0.05) is 55.7 Å². The van der Waals surface area contributed by atoms with Crippen LogP contribution in [0.1, 0.15) is 74.1 Å². The van der Waals surface area contributed by atoms with Gasteiger partial charge in [-0.2, -0.15) is 31.6 Å². The predicted octanol–water partition coefficient (Wildman–Crippen LogP) is 8.37. The zero-order valence-electron chi connectivity index (χ0n) is 20.6. The number of nitriles is 1. The van der Waals surface area contributed by atoms with E-state index >= 15 is 0 Å². The molecule has 0 aliphatic heterocycles. The molecule has 2 aromatic rings. The maximum atomic E-state index is 14.1. The van der Waals surface area contributed by atoms with Gasteiger partial charge in [-0.25, -0.2) is 0 Å². The summed E-state index contributed by atoms with van der Waals surface area (Å²) in [5.74, 6) is -0.576. The summed E-state index contributed by atoms with van der Waals surface area (Å²) in [5, 5.41) is 10.5. The molecule has 0 aromatic heterocycles. The molecule has 2 nitrogen and oxygen atoms in total. The Bertz CT molecular complexity index is 1000. The first-order valence-electron chi connectivity index (χ1n) is 12.3. The number of rotatable bonds is 8. The molecule has 8 heteroatoms. The maximum absolute atomic E-state index is 14.1. The fourth-order valence-electron chi connectivity index (χ4n) is 5.52. The van der Waals surface area contributed by atoms with Crippen LogP contribution in [0.4, 0.5) is 26.3 Å². The van der Waals surface area contributed by atoms with Gasteiger partial charge in [0.2, 0.25) is 0 Å². The Kier molecular flexibility index (Phi) is 8.76. The van der Waals surface area contributed by atoms with Crippen LogP contribution in [0, 0.1) is 17.2 Å². The first kappa shape index (κ1) is 28.0. The lowest BCUT2D eigenvalue weighted by atomic mass is 9.61. The van der Waals surface area contributed by atoms with Crippen LogP contribution in [0.15, 0.2) is 48.5 Å². The van der Waals surface area contributed by atoms with Gasteiger partial charge in [0.25, 0.3) is 0 Å². The Labute approximate surface area is 208 Å². The molecule has 1 aliphatic carbocycles. The van der Waals surface area contributed by atoms with Crippen molar-refractivity contribution >= 4 is 0 Å². The smallest absolute Gasteiger partial charge is 0.299 e. The van der Waals surface area contributed by atoms with Crippen LogP contribution in [0.3, 0.4) is 0 Å². The van der Waals surface area contributed by atoms with Crippen LogP contribution in [-0.2, 0) is 24.3 Å². The molecule has 0 radical (unpaired) electrons. The van der Waals surface area contributed by atoms with Gasteiger partial charge in [-0.3, -0.25) is 4.90 Å². The van der Waals surface area contributed by atoms with Gasteiger partial charge in [-0.05, 0) is 68.8 Å². The first-order valence-corrected chi connectivity index (χ1v) is 12.3. The molecule has 0 N–H and O–H groups in total. The van der Waals surface area contributed by atoms with E-state index in [0.717, 1.165) is 18.1 Å². The molecule has 1 saturated carbocycles.